The molecule has 0 aliphatic carbocycles. The number of hydrogen-bond donors (Lipinski definition) is 2. The number of carbonyl (C=O) groups excluding carboxylic acids is 1. The molecule has 1 aromatic carbocycles. The van der Waals surface area contributed by atoms with Crippen molar-refractivity contribution in [2.45, 2.75) is 70.9 Å². The fourth-order valence-corrected chi connectivity index (χ4v) is 3.11. The van der Waals surface area contributed by atoms with Crippen LogP contribution in [0.4, 0.5) is 5.69 Å². The molecule has 1 atom stereocenters. The van der Waals surface area contributed by atoms with Crippen LogP contribution in [0.5, 0.6) is 0 Å². The maximum atomic E-state index is 11.9. The lowest BCUT2D eigenvalue weighted by molar-refractivity contribution is -0.122. The van der Waals surface area contributed by atoms with Crippen molar-refractivity contribution in [1.82, 2.24) is 5.32 Å². The number of carbonyl (C=O) groups is 1. The van der Waals surface area contributed by atoms with Gasteiger partial charge in [-0.15, -0.1) is 0 Å². The van der Waals surface area contributed by atoms with Crippen molar-refractivity contribution in [1.29, 1.82) is 0 Å². The average Bonchev–Trinajstić information content (AvgIpc) is 2.53. The molecule has 1 aromatic rings. The van der Waals surface area contributed by atoms with Gasteiger partial charge in [0.2, 0.25) is 5.91 Å². The quantitative estimate of drug-likeness (QED) is 0.871. The lowest BCUT2D eigenvalue weighted by Crippen LogP contribution is -2.44. The lowest BCUT2D eigenvalue weighted by atomic mass is 9.87. The Bertz CT molecular complexity index is 523. The van der Waals surface area contributed by atoms with Gasteiger partial charge in [0.15, 0.2) is 0 Å². The summed E-state index contributed by atoms with van der Waals surface area (Å²) < 4.78 is 0. The van der Waals surface area contributed by atoms with Crippen LogP contribution in [0.2, 0.25) is 0 Å². The van der Waals surface area contributed by atoms with Crippen molar-refractivity contribution < 1.29 is 4.79 Å². The summed E-state index contributed by atoms with van der Waals surface area (Å²) in [4.78, 5) is 14.3. The van der Waals surface area contributed by atoms with Crippen LogP contribution in [-0.2, 0) is 10.2 Å². The fourth-order valence-electron chi connectivity index (χ4n) is 3.11. The van der Waals surface area contributed by atoms with E-state index in [-0.39, 0.29) is 17.4 Å². The van der Waals surface area contributed by atoms with E-state index in [2.05, 4.69) is 55.3 Å². The maximum absolute atomic E-state index is 11.9. The normalized spacial score (nSPS) is 17.6. The Morgan fingerprint density at radius 2 is 1.83 bits per heavy atom. The molecule has 134 valence electrons. The molecule has 0 spiro atoms. The van der Waals surface area contributed by atoms with Gasteiger partial charge >= 0.3 is 0 Å². The number of benzene rings is 1. The molecular weight excluding hydrogens is 298 g/mol. The second-order valence-corrected chi connectivity index (χ2v) is 8.14. The molecule has 1 aliphatic heterocycles. The first-order valence-corrected chi connectivity index (χ1v) is 9.16. The zero-order valence-corrected chi connectivity index (χ0v) is 15.6. The van der Waals surface area contributed by atoms with E-state index in [9.17, 15) is 4.79 Å². The Kier molecular flexibility index (Phi) is 6.27. The van der Waals surface area contributed by atoms with E-state index in [1.54, 1.807) is 0 Å². The smallest absolute Gasteiger partial charge is 0.220 e. The van der Waals surface area contributed by atoms with E-state index in [1.165, 1.54) is 11.3 Å². The van der Waals surface area contributed by atoms with Gasteiger partial charge in [-0.3, -0.25) is 4.79 Å². The summed E-state index contributed by atoms with van der Waals surface area (Å²) in [6.07, 6.45) is 3.30. The molecule has 24 heavy (non-hydrogen) atoms. The molecule has 1 aliphatic rings. The van der Waals surface area contributed by atoms with Crippen molar-refractivity contribution in [2.24, 2.45) is 5.73 Å². The monoisotopic (exact) mass is 331 g/mol. The molecule has 1 amide bonds. The number of nitrogens with one attached hydrogen (secondary N) is 1. The minimum absolute atomic E-state index is 0.0914. The zero-order chi connectivity index (χ0) is 17.7. The van der Waals surface area contributed by atoms with E-state index in [0.717, 1.165) is 32.4 Å². The van der Waals surface area contributed by atoms with E-state index >= 15 is 0 Å². The summed E-state index contributed by atoms with van der Waals surface area (Å²) in [5.74, 6) is 0.139. The Morgan fingerprint density at radius 1 is 1.25 bits per heavy atom. The van der Waals surface area contributed by atoms with Gasteiger partial charge < -0.3 is 16.0 Å². The summed E-state index contributed by atoms with van der Waals surface area (Å²) >= 11 is 0. The lowest BCUT2D eigenvalue weighted by Gasteiger charge is -2.34. The largest absolute Gasteiger partial charge is 0.371 e. The average molecular weight is 332 g/mol. The van der Waals surface area contributed by atoms with E-state index in [1.807, 2.05) is 6.92 Å². The van der Waals surface area contributed by atoms with Gasteiger partial charge in [-0.2, -0.15) is 0 Å². The molecular formula is C20H33N3O. The highest BCUT2D eigenvalue weighted by Gasteiger charge is 2.21. The first-order valence-electron chi connectivity index (χ1n) is 9.16. The SMILES string of the molecule is CC(N)CCC(=O)NC1CCN(c2ccc(C(C)(C)C)cc2)CC1. The molecule has 1 fully saturated rings. The zero-order valence-electron chi connectivity index (χ0n) is 15.6. The molecule has 2 rings (SSSR count). The number of nitrogens with two attached hydrogens (primary N) is 1. The van der Waals surface area contributed by atoms with Crippen molar-refractivity contribution in [3.63, 3.8) is 0 Å². The molecule has 0 saturated carbocycles. The van der Waals surface area contributed by atoms with Crippen molar-refractivity contribution in [2.75, 3.05) is 18.0 Å². The highest BCUT2D eigenvalue weighted by Crippen LogP contribution is 2.26. The van der Waals surface area contributed by atoms with Gasteiger partial charge in [-0.05, 0) is 49.3 Å². The maximum Gasteiger partial charge on any atom is 0.220 e. The van der Waals surface area contributed by atoms with Crippen molar-refractivity contribution >= 4 is 11.6 Å². The summed E-state index contributed by atoms with van der Waals surface area (Å²) in [7, 11) is 0. The Hall–Kier alpha value is -1.55. The molecule has 3 N–H and O–H groups in total. The number of anilines is 1. The number of nitrogens with zero attached hydrogens (tertiary/aromatic N) is 1. The van der Waals surface area contributed by atoms with Crippen LogP contribution in [0.15, 0.2) is 24.3 Å². The molecule has 1 saturated heterocycles. The van der Waals surface area contributed by atoms with Crippen LogP contribution >= 0.6 is 0 Å². The molecule has 0 bridgehead atoms. The third kappa shape index (κ3) is 5.52. The van der Waals surface area contributed by atoms with Gasteiger partial charge in [-0.25, -0.2) is 0 Å². The first-order chi connectivity index (χ1) is 11.3. The van der Waals surface area contributed by atoms with Crippen molar-refractivity contribution in [3.8, 4) is 0 Å². The van der Waals surface area contributed by atoms with Gasteiger partial charge in [0.05, 0.1) is 0 Å². The highest BCUT2D eigenvalue weighted by molar-refractivity contribution is 5.76. The number of hydrogen-bond acceptors (Lipinski definition) is 3. The molecule has 4 heteroatoms. The first kappa shape index (κ1) is 18.8. The molecule has 0 aromatic heterocycles. The van der Waals surface area contributed by atoms with Gasteiger partial charge in [0.1, 0.15) is 0 Å². The summed E-state index contributed by atoms with van der Waals surface area (Å²) in [6.45, 7) is 10.6. The molecule has 1 heterocycles. The van der Waals surface area contributed by atoms with Crippen LogP contribution in [0.3, 0.4) is 0 Å². The molecule has 0 radical (unpaired) electrons. The van der Waals surface area contributed by atoms with Gasteiger partial charge in [0, 0.05) is 37.3 Å². The number of piperidine rings is 1. The third-order valence-electron chi connectivity index (χ3n) is 4.79. The van der Waals surface area contributed by atoms with Gasteiger partial charge in [-0.1, -0.05) is 32.9 Å². The standard InChI is InChI=1S/C20H33N3O/c1-15(21)5-10-19(24)22-17-11-13-23(14-12-17)18-8-6-16(7-9-18)20(2,3)4/h6-9,15,17H,5,10-14,21H2,1-4H3,(H,22,24). The fraction of sp³-hybridized carbons (Fsp3) is 0.650. The van der Waals surface area contributed by atoms with Crippen molar-refractivity contribution in [3.05, 3.63) is 29.8 Å². The molecule has 1 unspecified atom stereocenters. The van der Waals surface area contributed by atoms with Crippen LogP contribution in [0, 0.1) is 0 Å². The Balaban J connectivity index is 1.81. The predicted molar refractivity (Wildman–Crippen MR) is 101 cm³/mol. The van der Waals surface area contributed by atoms with E-state index in [0.29, 0.717) is 12.5 Å². The second kappa shape index (κ2) is 8.02. The van der Waals surface area contributed by atoms with Gasteiger partial charge in [0.25, 0.3) is 0 Å². The summed E-state index contributed by atoms with van der Waals surface area (Å²) in [5.41, 5.74) is 8.54. The minimum Gasteiger partial charge on any atom is -0.371 e. The van der Waals surface area contributed by atoms with Crippen LogP contribution in [0.25, 0.3) is 0 Å². The van der Waals surface area contributed by atoms with Crippen LogP contribution in [-0.4, -0.2) is 31.1 Å². The third-order valence-corrected chi connectivity index (χ3v) is 4.79. The Morgan fingerprint density at radius 3 is 2.33 bits per heavy atom. The molecule has 4 nitrogen and oxygen atoms in total. The summed E-state index contributed by atoms with van der Waals surface area (Å²) in [6, 6.07) is 9.31. The second-order valence-electron chi connectivity index (χ2n) is 8.14. The van der Waals surface area contributed by atoms with E-state index in [4.69, 9.17) is 5.73 Å². The van der Waals surface area contributed by atoms with E-state index < -0.39 is 0 Å². The number of rotatable bonds is 5. The Labute approximate surface area is 146 Å². The summed E-state index contributed by atoms with van der Waals surface area (Å²) in [5, 5.41) is 3.15. The predicted octanol–water partition coefficient (Wildman–Crippen LogP) is 3.20. The minimum atomic E-state index is 0.0914. The van der Waals surface area contributed by atoms with Crippen LogP contribution in [0.1, 0.15) is 58.9 Å². The highest BCUT2D eigenvalue weighted by atomic mass is 16.1. The van der Waals surface area contributed by atoms with Crippen LogP contribution < -0.4 is 16.0 Å². The number of amides is 1. The topological polar surface area (TPSA) is 58.4 Å².